The number of carbonyl (C=O) groups is 1. The average molecular weight is 364 g/mol. The van der Waals surface area contributed by atoms with Gasteiger partial charge in [-0.05, 0) is 42.5 Å². The number of ketones is 1. The van der Waals surface area contributed by atoms with Gasteiger partial charge in [-0.15, -0.1) is 0 Å². The molecule has 0 aromatic heterocycles. The van der Waals surface area contributed by atoms with E-state index in [1.54, 1.807) is 0 Å². The van der Waals surface area contributed by atoms with Gasteiger partial charge in [0.05, 0.1) is 9.92 Å². The lowest BCUT2D eigenvalue weighted by Crippen LogP contribution is -2.16. The number of rotatable bonds is 4. The van der Waals surface area contributed by atoms with Gasteiger partial charge in [-0.1, -0.05) is 34.8 Å². The summed E-state index contributed by atoms with van der Waals surface area (Å²) in [4.78, 5) is 12.1. The van der Waals surface area contributed by atoms with Crippen LogP contribution >= 0.6 is 34.8 Å². The Morgan fingerprint density at radius 2 is 1.48 bits per heavy atom. The van der Waals surface area contributed by atoms with Gasteiger partial charge < -0.3 is 0 Å². The van der Waals surface area contributed by atoms with Crippen LogP contribution in [0.5, 0.6) is 0 Å². The van der Waals surface area contributed by atoms with Crippen molar-refractivity contribution in [1.29, 1.82) is 0 Å². The first kappa shape index (κ1) is 16.3. The molecule has 0 radical (unpaired) electrons. The molecule has 2 aromatic carbocycles. The quantitative estimate of drug-likeness (QED) is 0.761. The number of sulfone groups is 1. The summed E-state index contributed by atoms with van der Waals surface area (Å²) >= 11 is 17.3. The molecule has 0 saturated carbocycles. The Balaban J connectivity index is 2.28. The van der Waals surface area contributed by atoms with Gasteiger partial charge in [0.25, 0.3) is 0 Å². The van der Waals surface area contributed by atoms with Crippen LogP contribution in [0.25, 0.3) is 0 Å². The minimum absolute atomic E-state index is 0.0327. The molecular weight excluding hydrogens is 355 g/mol. The Morgan fingerprint density at radius 3 is 2.05 bits per heavy atom. The third-order valence-electron chi connectivity index (χ3n) is 2.73. The molecule has 0 aliphatic carbocycles. The SMILES string of the molecule is O=C(CS(=O)(=O)c1ccc(Cl)cc1)c1ccc(Cl)cc1Cl. The predicted molar refractivity (Wildman–Crippen MR) is 84.3 cm³/mol. The smallest absolute Gasteiger partial charge is 0.185 e. The molecule has 0 aliphatic rings. The highest BCUT2D eigenvalue weighted by Crippen LogP contribution is 2.23. The third kappa shape index (κ3) is 3.98. The second-order valence-corrected chi connectivity index (χ2v) is 7.53. The zero-order chi connectivity index (χ0) is 15.6. The van der Waals surface area contributed by atoms with Gasteiger partial charge in [-0.2, -0.15) is 0 Å². The van der Waals surface area contributed by atoms with Gasteiger partial charge in [0.2, 0.25) is 0 Å². The summed E-state index contributed by atoms with van der Waals surface area (Å²) in [6.07, 6.45) is 0. The predicted octanol–water partition coefficient (Wildman–Crippen LogP) is 4.30. The molecule has 0 bridgehead atoms. The summed E-state index contributed by atoms with van der Waals surface area (Å²) in [7, 11) is -3.75. The second-order valence-electron chi connectivity index (χ2n) is 4.26. The number of carbonyl (C=O) groups excluding carboxylic acids is 1. The lowest BCUT2D eigenvalue weighted by atomic mass is 10.1. The molecule has 7 heteroatoms. The highest BCUT2D eigenvalue weighted by molar-refractivity contribution is 7.92. The third-order valence-corrected chi connectivity index (χ3v) is 5.16. The monoisotopic (exact) mass is 362 g/mol. The van der Waals surface area contributed by atoms with Crippen molar-refractivity contribution in [3.8, 4) is 0 Å². The van der Waals surface area contributed by atoms with Crippen molar-refractivity contribution in [2.45, 2.75) is 4.90 Å². The van der Waals surface area contributed by atoms with E-state index in [0.717, 1.165) is 0 Å². The van der Waals surface area contributed by atoms with Crippen LogP contribution in [0.15, 0.2) is 47.4 Å². The fourth-order valence-electron chi connectivity index (χ4n) is 1.69. The van der Waals surface area contributed by atoms with Gasteiger partial charge in [0, 0.05) is 15.6 Å². The standard InChI is InChI=1S/C14H9Cl3O3S/c15-9-1-4-11(5-2-9)21(19,20)8-14(18)12-6-3-10(16)7-13(12)17/h1-7H,8H2. The van der Waals surface area contributed by atoms with Crippen molar-refractivity contribution in [2.75, 3.05) is 5.75 Å². The minimum atomic E-state index is -3.75. The van der Waals surface area contributed by atoms with Gasteiger partial charge in [0.1, 0.15) is 5.75 Å². The first-order valence-corrected chi connectivity index (χ1v) is 8.55. The Hall–Kier alpha value is -1.07. The Bertz CT molecular complexity index is 784. The van der Waals surface area contributed by atoms with Crippen LogP contribution in [0.3, 0.4) is 0 Å². The number of halogens is 3. The zero-order valence-corrected chi connectivity index (χ0v) is 13.6. The van der Waals surface area contributed by atoms with E-state index >= 15 is 0 Å². The van der Waals surface area contributed by atoms with E-state index in [-0.39, 0.29) is 15.5 Å². The molecule has 0 aliphatic heterocycles. The van der Waals surface area contributed by atoms with E-state index in [0.29, 0.717) is 10.0 Å². The van der Waals surface area contributed by atoms with Crippen LogP contribution in [0.1, 0.15) is 10.4 Å². The molecule has 0 heterocycles. The molecule has 0 spiro atoms. The molecule has 0 atom stereocenters. The molecule has 0 saturated heterocycles. The summed E-state index contributed by atoms with van der Waals surface area (Å²) in [6, 6.07) is 9.90. The summed E-state index contributed by atoms with van der Waals surface area (Å²) in [5.41, 5.74) is 0.124. The maximum Gasteiger partial charge on any atom is 0.185 e. The van der Waals surface area contributed by atoms with E-state index in [4.69, 9.17) is 34.8 Å². The van der Waals surface area contributed by atoms with Gasteiger partial charge >= 0.3 is 0 Å². The van der Waals surface area contributed by atoms with Crippen LogP contribution in [-0.4, -0.2) is 20.0 Å². The Labute approximate surface area is 137 Å². The van der Waals surface area contributed by atoms with E-state index in [1.165, 1.54) is 42.5 Å². The lowest BCUT2D eigenvalue weighted by Gasteiger charge is -2.06. The van der Waals surface area contributed by atoms with Crippen molar-refractivity contribution >= 4 is 50.4 Å². The fraction of sp³-hybridized carbons (Fsp3) is 0.0714. The summed E-state index contributed by atoms with van der Waals surface area (Å²) in [6.45, 7) is 0. The Morgan fingerprint density at radius 1 is 0.905 bits per heavy atom. The van der Waals surface area contributed by atoms with Gasteiger partial charge in [0.15, 0.2) is 15.6 Å². The largest absolute Gasteiger partial charge is 0.293 e. The summed E-state index contributed by atoms with van der Waals surface area (Å²) < 4.78 is 24.3. The van der Waals surface area contributed by atoms with E-state index in [9.17, 15) is 13.2 Å². The first-order valence-electron chi connectivity index (χ1n) is 5.76. The molecule has 3 nitrogen and oxygen atoms in total. The van der Waals surface area contributed by atoms with Crippen molar-refractivity contribution in [3.63, 3.8) is 0 Å². The fourth-order valence-corrected chi connectivity index (χ4v) is 3.55. The highest BCUT2D eigenvalue weighted by atomic mass is 35.5. The molecule has 0 amide bonds. The minimum Gasteiger partial charge on any atom is -0.293 e. The van der Waals surface area contributed by atoms with E-state index in [1.807, 2.05) is 0 Å². The van der Waals surface area contributed by atoms with Crippen molar-refractivity contribution in [1.82, 2.24) is 0 Å². The molecule has 110 valence electrons. The van der Waals surface area contributed by atoms with E-state index in [2.05, 4.69) is 0 Å². The van der Waals surface area contributed by atoms with Crippen molar-refractivity contribution in [3.05, 3.63) is 63.1 Å². The number of benzene rings is 2. The number of hydrogen-bond acceptors (Lipinski definition) is 3. The number of Topliss-reactive ketones (excluding diaryl/α,β-unsaturated/α-hetero) is 1. The van der Waals surface area contributed by atoms with Crippen LogP contribution in [0.4, 0.5) is 0 Å². The second kappa shape index (κ2) is 6.36. The van der Waals surface area contributed by atoms with Crippen LogP contribution in [-0.2, 0) is 9.84 Å². The summed E-state index contributed by atoms with van der Waals surface area (Å²) in [5.74, 6) is -1.26. The molecule has 0 unspecified atom stereocenters. The van der Waals surface area contributed by atoms with Gasteiger partial charge in [-0.3, -0.25) is 4.79 Å². The molecule has 21 heavy (non-hydrogen) atoms. The van der Waals surface area contributed by atoms with Gasteiger partial charge in [-0.25, -0.2) is 8.42 Å². The van der Waals surface area contributed by atoms with Crippen LogP contribution in [0, 0.1) is 0 Å². The van der Waals surface area contributed by atoms with E-state index < -0.39 is 21.4 Å². The maximum atomic E-state index is 12.2. The molecular formula is C14H9Cl3O3S. The average Bonchev–Trinajstić information content (AvgIpc) is 2.38. The molecule has 0 N–H and O–H groups in total. The molecule has 2 rings (SSSR count). The first-order chi connectivity index (χ1) is 9.79. The maximum absolute atomic E-state index is 12.2. The van der Waals surface area contributed by atoms with Crippen LogP contribution in [0.2, 0.25) is 15.1 Å². The highest BCUT2D eigenvalue weighted by Gasteiger charge is 2.22. The zero-order valence-electron chi connectivity index (χ0n) is 10.5. The number of hydrogen-bond donors (Lipinski definition) is 0. The topological polar surface area (TPSA) is 51.2 Å². The summed E-state index contributed by atoms with van der Waals surface area (Å²) in [5, 5.41) is 0.914. The van der Waals surface area contributed by atoms with Crippen molar-refractivity contribution < 1.29 is 13.2 Å². The molecule has 2 aromatic rings. The molecule has 0 fully saturated rings. The van der Waals surface area contributed by atoms with Crippen molar-refractivity contribution in [2.24, 2.45) is 0 Å². The Kier molecular flexibility index (Phi) is 4.94. The lowest BCUT2D eigenvalue weighted by molar-refractivity contribution is 0.102. The van der Waals surface area contributed by atoms with Crippen LogP contribution < -0.4 is 0 Å². The normalized spacial score (nSPS) is 11.4.